The minimum Gasteiger partial charge on any atom is -0.495 e. The van der Waals surface area contributed by atoms with Crippen LogP contribution in [0.5, 0.6) is 17.4 Å². The van der Waals surface area contributed by atoms with Crippen LogP contribution in [0.15, 0.2) is 74.0 Å². The predicted molar refractivity (Wildman–Crippen MR) is 163 cm³/mol. The van der Waals surface area contributed by atoms with E-state index in [4.69, 9.17) is 9.47 Å². The molecule has 224 valence electrons. The van der Waals surface area contributed by atoms with Gasteiger partial charge < -0.3 is 25.0 Å². The molecule has 12 nitrogen and oxygen atoms in total. The van der Waals surface area contributed by atoms with Crippen LogP contribution in [0.2, 0.25) is 0 Å². The van der Waals surface area contributed by atoms with Gasteiger partial charge in [-0.25, -0.2) is 24.0 Å². The summed E-state index contributed by atoms with van der Waals surface area (Å²) >= 11 is 0. The Hall–Kier alpha value is -5.59. The molecular weight excluding hydrogens is 565 g/mol. The van der Waals surface area contributed by atoms with Crippen LogP contribution in [-0.2, 0) is 4.79 Å². The molecular formula is C31H30FN9O3. The molecule has 13 heteroatoms. The van der Waals surface area contributed by atoms with Crippen LogP contribution in [0, 0.1) is 12.7 Å². The first-order valence-electron chi connectivity index (χ1n) is 14.0. The molecule has 0 bridgehead atoms. The lowest BCUT2D eigenvalue weighted by molar-refractivity contribution is -0.126. The van der Waals surface area contributed by atoms with Crippen molar-refractivity contribution < 1.29 is 18.7 Å². The summed E-state index contributed by atoms with van der Waals surface area (Å²) in [4.78, 5) is 31.0. The molecule has 1 aliphatic rings. The predicted octanol–water partition coefficient (Wildman–Crippen LogP) is 5.19. The molecule has 0 radical (unpaired) electrons. The number of fused-ring (bicyclic) bond motifs is 1. The largest absolute Gasteiger partial charge is 0.495 e. The number of amides is 1. The third kappa shape index (κ3) is 6.11. The SMILES string of the molecule is C=CC(=O)N1CCC(Nc2cc3c(Nc4ccc(Oc5ccn(-c6cnc(C)cn6)n5)cc4F)ncnc3cc2OC)CC1. The molecule has 0 atom stereocenters. The topological polar surface area (TPSA) is 132 Å². The summed E-state index contributed by atoms with van der Waals surface area (Å²) in [6.45, 7) is 6.69. The van der Waals surface area contributed by atoms with Crippen LogP contribution in [0.25, 0.3) is 16.7 Å². The van der Waals surface area contributed by atoms with Crippen molar-refractivity contribution in [2.75, 3.05) is 30.8 Å². The maximum atomic E-state index is 15.3. The molecule has 2 aromatic carbocycles. The number of benzene rings is 2. The lowest BCUT2D eigenvalue weighted by Crippen LogP contribution is -2.41. The molecule has 5 aromatic rings. The van der Waals surface area contributed by atoms with Gasteiger partial charge in [-0.1, -0.05) is 6.58 Å². The zero-order chi connectivity index (χ0) is 30.6. The normalized spacial score (nSPS) is 13.5. The Morgan fingerprint density at radius 3 is 2.64 bits per heavy atom. The summed E-state index contributed by atoms with van der Waals surface area (Å²) in [6.07, 6.45) is 9.24. The Bertz CT molecular complexity index is 1820. The van der Waals surface area contributed by atoms with E-state index in [9.17, 15) is 4.79 Å². The summed E-state index contributed by atoms with van der Waals surface area (Å²) < 4.78 is 28.2. The lowest BCUT2D eigenvalue weighted by atomic mass is 10.0. The van der Waals surface area contributed by atoms with Gasteiger partial charge in [0.25, 0.3) is 0 Å². The number of hydrogen-bond acceptors (Lipinski definition) is 10. The zero-order valence-corrected chi connectivity index (χ0v) is 24.2. The number of likely N-dealkylation sites (tertiary alicyclic amines) is 1. The molecule has 0 spiro atoms. The Kier molecular flexibility index (Phi) is 8.00. The average Bonchev–Trinajstić information content (AvgIpc) is 3.51. The van der Waals surface area contributed by atoms with Crippen LogP contribution in [0.3, 0.4) is 0 Å². The van der Waals surface area contributed by atoms with Crippen LogP contribution >= 0.6 is 0 Å². The number of ether oxygens (including phenoxy) is 2. The van der Waals surface area contributed by atoms with Crippen LogP contribution in [-0.4, -0.2) is 66.8 Å². The van der Waals surface area contributed by atoms with Crippen molar-refractivity contribution in [3.8, 4) is 23.2 Å². The van der Waals surface area contributed by atoms with Gasteiger partial charge in [-0.05, 0) is 44.0 Å². The van der Waals surface area contributed by atoms with Gasteiger partial charge >= 0.3 is 0 Å². The van der Waals surface area contributed by atoms with Gasteiger partial charge in [0, 0.05) is 48.9 Å². The van der Waals surface area contributed by atoms with E-state index in [-0.39, 0.29) is 29.3 Å². The second kappa shape index (κ2) is 12.3. The number of halogens is 1. The van der Waals surface area contributed by atoms with Gasteiger partial charge in [0.05, 0.1) is 42.1 Å². The van der Waals surface area contributed by atoms with Gasteiger partial charge in [-0.2, -0.15) is 0 Å². The zero-order valence-electron chi connectivity index (χ0n) is 24.2. The second-order valence-corrected chi connectivity index (χ2v) is 10.2. The van der Waals surface area contributed by atoms with E-state index in [0.717, 1.165) is 24.2 Å². The summed E-state index contributed by atoms with van der Waals surface area (Å²) in [5.41, 5.74) is 2.39. The number of nitrogens with one attached hydrogen (secondary N) is 2. The van der Waals surface area contributed by atoms with Crippen LogP contribution in [0.1, 0.15) is 18.5 Å². The fourth-order valence-electron chi connectivity index (χ4n) is 4.96. The molecule has 1 fully saturated rings. The van der Waals surface area contributed by atoms with Gasteiger partial charge in [0.15, 0.2) is 5.82 Å². The smallest absolute Gasteiger partial charge is 0.245 e. The Morgan fingerprint density at radius 1 is 1.07 bits per heavy atom. The standard InChI is InChI=1S/C31H30FN9O3/c1-4-30(42)40-10-7-20(8-11-40)37-26-14-22-25(15-27(26)43-3)35-18-36-31(22)38-24-6-5-21(13-23(24)32)44-29-9-12-41(39-29)28-17-33-19(2)16-34-28/h4-6,9,12-18,20,37H,1,7-8,10-11H2,2-3H3,(H,35,36,38). The monoisotopic (exact) mass is 595 g/mol. The molecule has 0 saturated carbocycles. The highest BCUT2D eigenvalue weighted by molar-refractivity contribution is 5.95. The summed E-state index contributed by atoms with van der Waals surface area (Å²) in [5, 5.41) is 11.6. The van der Waals surface area contributed by atoms with Crippen molar-refractivity contribution in [1.82, 2.24) is 34.6 Å². The van der Waals surface area contributed by atoms with E-state index in [1.54, 1.807) is 48.8 Å². The minimum atomic E-state index is -0.536. The van der Waals surface area contributed by atoms with Crippen LogP contribution < -0.4 is 20.1 Å². The maximum absolute atomic E-state index is 15.3. The van der Waals surface area contributed by atoms with Crippen molar-refractivity contribution >= 4 is 34.0 Å². The first-order chi connectivity index (χ1) is 21.4. The molecule has 0 aliphatic carbocycles. The van der Waals surface area contributed by atoms with Crippen molar-refractivity contribution in [2.24, 2.45) is 0 Å². The van der Waals surface area contributed by atoms with E-state index in [2.05, 4.69) is 42.2 Å². The molecule has 1 saturated heterocycles. The van der Waals surface area contributed by atoms with Gasteiger partial charge in [-0.15, -0.1) is 5.10 Å². The molecule has 2 N–H and O–H groups in total. The fourth-order valence-corrected chi connectivity index (χ4v) is 4.96. The van der Waals surface area contributed by atoms with Gasteiger partial charge in [0.2, 0.25) is 11.8 Å². The molecule has 44 heavy (non-hydrogen) atoms. The fraction of sp³-hybridized carbons (Fsp3) is 0.226. The van der Waals surface area contributed by atoms with E-state index in [1.807, 2.05) is 19.1 Å². The number of methoxy groups -OCH3 is 1. The first kappa shape index (κ1) is 28.5. The van der Waals surface area contributed by atoms with Crippen molar-refractivity contribution in [2.45, 2.75) is 25.8 Å². The number of anilines is 3. The van der Waals surface area contributed by atoms with Gasteiger partial charge in [0.1, 0.15) is 29.5 Å². The Morgan fingerprint density at radius 2 is 1.91 bits per heavy atom. The second-order valence-electron chi connectivity index (χ2n) is 10.2. The highest BCUT2D eigenvalue weighted by Crippen LogP contribution is 2.35. The number of rotatable bonds is 9. The number of nitrogens with zero attached hydrogens (tertiary/aromatic N) is 7. The van der Waals surface area contributed by atoms with Gasteiger partial charge in [-0.3, -0.25) is 9.78 Å². The minimum absolute atomic E-state index is 0.0596. The number of carbonyl (C=O) groups is 1. The maximum Gasteiger partial charge on any atom is 0.245 e. The van der Waals surface area contributed by atoms with E-state index in [1.165, 1.54) is 23.2 Å². The third-order valence-electron chi connectivity index (χ3n) is 7.28. The molecule has 1 aliphatic heterocycles. The van der Waals surface area contributed by atoms with Crippen molar-refractivity contribution in [3.63, 3.8) is 0 Å². The molecule has 6 rings (SSSR count). The number of aryl methyl sites for hydroxylation is 1. The summed E-state index contributed by atoms with van der Waals surface area (Å²) in [7, 11) is 1.60. The van der Waals surface area contributed by atoms with Crippen molar-refractivity contribution in [3.05, 3.63) is 85.5 Å². The average molecular weight is 596 g/mol. The van der Waals surface area contributed by atoms with Crippen LogP contribution in [0.4, 0.5) is 21.6 Å². The third-order valence-corrected chi connectivity index (χ3v) is 7.28. The number of hydrogen-bond donors (Lipinski definition) is 2. The molecule has 3 aromatic heterocycles. The highest BCUT2D eigenvalue weighted by Gasteiger charge is 2.23. The summed E-state index contributed by atoms with van der Waals surface area (Å²) in [5.74, 6) is 1.55. The van der Waals surface area contributed by atoms with E-state index >= 15 is 4.39 Å². The number of piperidine rings is 1. The highest BCUT2D eigenvalue weighted by atomic mass is 19.1. The molecule has 4 heterocycles. The molecule has 0 unspecified atom stereocenters. The van der Waals surface area contributed by atoms with E-state index in [0.29, 0.717) is 41.4 Å². The Balaban J connectivity index is 1.18. The molecule has 1 amide bonds. The Labute approximate surface area is 252 Å². The lowest BCUT2D eigenvalue weighted by Gasteiger charge is -2.32. The quantitative estimate of drug-likeness (QED) is 0.220. The number of carbonyl (C=O) groups excluding carboxylic acids is 1. The first-order valence-corrected chi connectivity index (χ1v) is 14.0. The number of aromatic nitrogens is 6. The summed E-state index contributed by atoms with van der Waals surface area (Å²) in [6, 6.07) is 9.98. The van der Waals surface area contributed by atoms with Crippen molar-refractivity contribution in [1.29, 1.82) is 0 Å². The van der Waals surface area contributed by atoms with E-state index < -0.39 is 5.82 Å².